The Labute approximate surface area is 142 Å². The van der Waals surface area contributed by atoms with Crippen molar-refractivity contribution in [1.82, 2.24) is 9.88 Å². The summed E-state index contributed by atoms with van der Waals surface area (Å²) in [6.07, 6.45) is 3.24. The maximum atomic E-state index is 12.6. The number of hydrogen-bond acceptors (Lipinski definition) is 4. The predicted octanol–water partition coefficient (Wildman–Crippen LogP) is 4.89. The van der Waals surface area contributed by atoms with Gasteiger partial charge in [-0.2, -0.15) is 0 Å². The summed E-state index contributed by atoms with van der Waals surface area (Å²) in [6.45, 7) is 4.73. The van der Waals surface area contributed by atoms with Crippen LogP contribution in [0.5, 0.6) is 0 Å². The molecule has 2 aromatic heterocycles. The molecule has 0 spiro atoms. The maximum absolute atomic E-state index is 12.6. The molecule has 2 heterocycles. The van der Waals surface area contributed by atoms with Crippen LogP contribution >= 0.6 is 38.6 Å². The molecule has 114 valence electrons. The van der Waals surface area contributed by atoms with Gasteiger partial charge in [0.15, 0.2) is 0 Å². The van der Waals surface area contributed by atoms with Crippen molar-refractivity contribution in [2.45, 2.75) is 39.7 Å². The van der Waals surface area contributed by atoms with Crippen molar-refractivity contribution in [3.05, 3.63) is 36.4 Å². The SMILES string of the molecule is CCCCc1nc(C)c(C(=O)N(C)Cc2cc(Br)cs2)s1. The first-order chi connectivity index (χ1) is 10.0. The number of aromatic nitrogens is 1. The van der Waals surface area contributed by atoms with Crippen molar-refractivity contribution >= 4 is 44.5 Å². The zero-order valence-electron chi connectivity index (χ0n) is 12.5. The topological polar surface area (TPSA) is 33.2 Å². The Bertz CT molecular complexity index is 621. The smallest absolute Gasteiger partial charge is 0.265 e. The molecule has 0 atom stereocenters. The molecule has 0 aliphatic heterocycles. The summed E-state index contributed by atoms with van der Waals surface area (Å²) < 4.78 is 1.07. The van der Waals surface area contributed by atoms with E-state index in [1.165, 1.54) is 4.88 Å². The van der Waals surface area contributed by atoms with E-state index in [0.29, 0.717) is 6.54 Å². The first-order valence-corrected chi connectivity index (χ1v) is 9.44. The summed E-state index contributed by atoms with van der Waals surface area (Å²) in [6, 6.07) is 2.06. The molecule has 0 saturated heterocycles. The van der Waals surface area contributed by atoms with Crippen LogP contribution in [0.4, 0.5) is 0 Å². The van der Waals surface area contributed by atoms with Crippen LogP contribution in [-0.4, -0.2) is 22.8 Å². The van der Waals surface area contributed by atoms with Crippen molar-refractivity contribution in [3.63, 3.8) is 0 Å². The second-order valence-electron chi connectivity index (χ2n) is 5.02. The fourth-order valence-corrected chi connectivity index (χ4v) is 4.61. The summed E-state index contributed by atoms with van der Waals surface area (Å²) in [5, 5.41) is 3.11. The van der Waals surface area contributed by atoms with Crippen LogP contribution in [0.25, 0.3) is 0 Å². The van der Waals surface area contributed by atoms with E-state index in [4.69, 9.17) is 0 Å². The van der Waals surface area contributed by atoms with Gasteiger partial charge in [-0.1, -0.05) is 13.3 Å². The van der Waals surface area contributed by atoms with Crippen LogP contribution in [0.1, 0.15) is 45.0 Å². The molecule has 2 rings (SSSR count). The number of halogens is 1. The highest BCUT2D eigenvalue weighted by molar-refractivity contribution is 9.10. The number of carbonyl (C=O) groups excluding carboxylic acids is 1. The Kier molecular flexibility index (Phi) is 5.96. The quantitative estimate of drug-likeness (QED) is 0.707. The molecule has 1 amide bonds. The van der Waals surface area contributed by atoms with Crippen LogP contribution < -0.4 is 0 Å². The monoisotopic (exact) mass is 386 g/mol. The molecule has 0 N–H and O–H groups in total. The molecule has 0 unspecified atom stereocenters. The normalized spacial score (nSPS) is 10.9. The van der Waals surface area contributed by atoms with Gasteiger partial charge in [0.1, 0.15) is 4.88 Å². The zero-order valence-corrected chi connectivity index (χ0v) is 15.7. The number of thiazole rings is 1. The number of rotatable bonds is 6. The standard InChI is InChI=1S/C15H19BrN2OS2/c1-4-5-6-13-17-10(2)14(21-13)15(19)18(3)8-12-7-11(16)9-20-12/h7,9H,4-6,8H2,1-3H3. The molecule has 21 heavy (non-hydrogen) atoms. The van der Waals surface area contributed by atoms with E-state index in [0.717, 1.165) is 39.3 Å². The number of carbonyl (C=O) groups is 1. The molecule has 0 aromatic carbocycles. The number of amides is 1. The highest BCUT2D eigenvalue weighted by atomic mass is 79.9. The van der Waals surface area contributed by atoms with Crippen LogP contribution in [0, 0.1) is 6.92 Å². The summed E-state index contributed by atoms with van der Waals surface area (Å²) in [5.74, 6) is 0.0669. The molecule has 0 fully saturated rings. The summed E-state index contributed by atoms with van der Waals surface area (Å²) in [4.78, 5) is 20.8. The Hall–Kier alpha value is -0.720. The van der Waals surface area contributed by atoms with Gasteiger partial charge in [0.2, 0.25) is 0 Å². The van der Waals surface area contributed by atoms with Gasteiger partial charge in [-0.3, -0.25) is 4.79 Å². The first-order valence-electron chi connectivity index (χ1n) is 6.96. The minimum atomic E-state index is 0.0669. The average molecular weight is 387 g/mol. The van der Waals surface area contributed by atoms with Gasteiger partial charge in [0, 0.05) is 21.8 Å². The maximum Gasteiger partial charge on any atom is 0.265 e. The Morgan fingerprint density at radius 1 is 1.48 bits per heavy atom. The van der Waals surface area contributed by atoms with Gasteiger partial charge >= 0.3 is 0 Å². The van der Waals surface area contributed by atoms with E-state index in [1.807, 2.05) is 19.4 Å². The average Bonchev–Trinajstić information content (AvgIpc) is 3.01. The van der Waals surface area contributed by atoms with Crippen molar-refractivity contribution in [2.24, 2.45) is 0 Å². The van der Waals surface area contributed by atoms with Crippen molar-refractivity contribution in [1.29, 1.82) is 0 Å². The minimum Gasteiger partial charge on any atom is -0.336 e. The molecule has 2 aromatic rings. The molecular weight excluding hydrogens is 368 g/mol. The first kappa shape index (κ1) is 16.6. The van der Waals surface area contributed by atoms with Crippen LogP contribution in [0.2, 0.25) is 0 Å². The third-order valence-corrected chi connectivity index (χ3v) is 6.03. The van der Waals surface area contributed by atoms with E-state index in [1.54, 1.807) is 27.6 Å². The lowest BCUT2D eigenvalue weighted by molar-refractivity contribution is 0.0790. The Balaban J connectivity index is 2.06. The largest absolute Gasteiger partial charge is 0.336 e. The summed E-state index contributed by atoms with van der Waals surface area (Å²) >= 11 is 6.64. The van der Waals surface area contributed by atoms with Gasteiger partial charge < -0.3 is 4.90 Å². The fourth-order valence-electron chi connectivity index (χ4n) is 2.00. The van der Waals surface area contributed by atoms with Crippen molar-refractivity contribution in [3.8, 4) is 0 Å². The predicted molar refractivity (Wildman–Crippen MR) is 93.3 cm³/mol. The zero-order chi connectivity index (χ0) is 15.4. The van der Waals surface area contributed by atoms with Crippen LogP contribution in [-0.2, 0) is 13.0 Å². The molecule has 0 bridgehead atoms. The molecule has 0 radical (unpaired) electrons. The second kappa shape index (κ2) is 7.51. The number of unbranched alkanes of at least 4 members (excludes halogenated alkanes) is 1. The third kappa shape index (κ3) is 4.37. The fraction of sp³-hybridized carbons (Fsp3) is 0.467. The number of aryl methyl sites for hydroxylation is 2. The number of hydrogen-bond donors (Lipinski definition) is 0. The van der Waals surface area contributed by atoms with E-state index in [2.05, 4.69) is 33.9 Å². The van der Waals surface area contributed by atoms with Gasteiger partial charge in [-0.15, -0.1) is 22.7 Å². The van der Waals surface area contributed by atoms with Crippen molar-refractivity contribution in [2.75, 3.05) is 7.05 Å². The molecule has 0 aliphatic carbocycles. The number of thiophene rings is 1. The molecule has 6 heteroatoms. The Morgan fingerprint density at radius 2 is 2.24 bits per heavy atom. The third-order valence-electron chi connectivity index (χ3n) is 3.14. The Morgan fingerprint density at radius 3 is 2.86 bits per heavy atom. The van der Waals surface area contributed by atoms with E-state index in [9.17, 15) is 4.79 Å². The molecule has 3 nitrogen and oxygen atoms in total. The minimum absolute atomic E-state index is 0.0669. The number of nitrogens with zero attached hydrogens (tertiary/aromatic N) is 2. The molecule has 0 aliphatic rings. The van der Waals surface area contributed by atoms with E-state index < -0.39 is 0 Å². The highest BCUT2D eigenvalue weighted by Gasteiger charge is 2.19. The van der Waals surface area contributed by atoms with Crippen LogP contribution in [0.3, 0.4) is 0 Å². The van der Waals surface area contributed by atoms with Gasteiger partial charge in [0.25, 0.3) is 5.91 Å². The van der Waals surface area contributed by atoms with Gasteiger partial charge in [-0.25, -0.2) is 4.98 Å². The van der Waals surface area contributed by atoms with E-state index >= 15 is 0 Å². The van der Waals surface area contributed by atoms with Crippen LogP contribution in [0.15, 0.2) is 15.9 Å². The summed E-state index contributed by atoms with van der Waals surface area (Å²) in [7, 11) is 1.85. The molecular formula is C15H19BrN2OS2. The lowest BCUT2D eigenvalue weighted by Gasteiger charge is -2.15. The van der Waals surface area contributed by atoms with E-state index in [-0.39, 0.29) is 5.91 Å². The second-order valence-corrected chi connectivity index (χ2v) is 8.01. The summed E-state index contributed by atoms with van der Waals surface area (Å²) in [5.41, 5.74) is 0.857. The van der Waals surface area contributed by atoms with Gasteiger partial charge in [-0.05, 0) is 41.8 Å². The lowest BCUT2D eigenvalue weighted by atomic mass is 10.3. The molecule has 0 saturated carbocycles. The lowest BCUT2D eigenvalue weighted by Crippen LogP contribution is -2.25. The van der Waals surface area contributed by atoms with Crippen molar-refractivity contribution < 1.29 is 4.79 Å². The highest BCUT2D eigenvalue weighted by Crippen LogP contribution is 2.24. The van der Waals surface area contributed by atoms with Gasteiger partial charge in [0.05, 0.1) is 17.2 Å².